The molecule has 30 heavy (non-hydrogen) atoms. The Bertz CT molecular complexity index is 959. The van der Waals surface area contributed by atoms with Crippen LogP contribution in [0.1, 0.15) is 33.6 Å². The average molecular weight is 430 g/mol. The molecule has 0 unspecified atom stereocenters. The standard InChI is InChI=1S/C23H25ClFN3O2/c1-17-21(22(24)28(27-17)16-19-8-10-20(25)11-9-19)23(29)26-13-5-14-30-15-12-18-6-3-2-4-7-18/h2-4,6-11H,5,12-16H2,1H3,(H,26,29). The lowest BCUT2D eigenvalue weighted by Crippen LogP contribution is -2.26. The van der Waals surface area contributed by atoms with Crippen molar-refractivity contribution >= 4 is 17.5 Å². The molecule has 1 amide bonds. The maximum atomic E-state index is 13.1. The molecule has 1 heterocycles. The number of carbonyl (C=O) groups is 1. The molecule has 0 saturated carbocycles. The van der Waals surface area contributed by atoms with Crippen LogP contribution >= 0.6 is 11.6 Å². The van der Waals surface area contributed by atoms with Gasteiger partial charge in [0.1, 0.15) is 11.0 Å². The van der Waals surface area contributed by atoms with Gasteiger partial charge in [-0.3, -0.25) is 4.79 Å². The van der Waals surface area contributed by atoms with Gasteiger partial charge in [-0.1, -0.05) is 54.1 Å². The monoisotopic (exact) mass is 429 g/mol. The number of halogens is 2. The molecule has 3 aromatic rings. The minimum absolute atomic E-state index is 0.257. The minimum atomic E-state index is -0.300. The van der Waals surface area contributed by atoms with Crippen LogP contribution in [0.5, 0.6) is 0 Å². The summed E-state index contributed by atoms with van der Waals surface area (Å²) in [5.41, 5.74) is 3.01. The zero-order valence-electron chi connectivity index (χ0n) is 16.9. The summed E-state index contributed by atoms with van der Waals surface area (Å²) in [6, 6.07) is 16.3. The maximum absolute atomic E-state index is 13.1. The first kappa shape index (κ1) is 22.0. The smallest absolute Gasteiger partial charge is 0.256 e. The molecular formula is C23H25ClFN3O2. The lowest BCUT2D eigenvalue weighted by atomic mass is 10.2. The molecule has 158 valence electrons. The normalized spacial score (nSPS) is 10.9. The third-order valence-corrected chi connectivity index (χ3v) is 5.05. The molecule has 1 aromatic heterocycles. The second-order valence-corrected chi connectivity index (χ2v) is 7.35. The van der Waals surface area contributed by atoms with Crippen molar-refractivity contribution in [2.75, 3.05) is 19.8 Å². The zero-order valence-corrected chi connectivity index (χ0v) is 17.7. The highest BCUT2D eigenvalue weighted by Crippen LogP contribution is 2.21. The van der Waals surface area contributed by atoms with E-state index in [2.05, 4.69) is 22.5 Å². The van der Waals surface area contributed by atoms with E-state index < -0.39 is 0 Å². The molecule has 5 nitrogen and oxygen atoms in total. The van der Waals surface area contributed by atoms with E-state index in [-0.39, 0.29) is 16.9 Å². The topological polar surface area (TPSA) is 56.2 Å². The van der Waals surface area contributed by atoms with Gasteiger partial charge in [-0.15, -0.1) is 0 Å². The fraction of sp³-hybridized carbons (Fsp3) is 0.304. The summed E-state index contributed by atoms with van der Waals surface area (Å²) in [7, 11) is 0. The Morgan fingerprint density at radius 2 is 1.83 bits per heavy atom. The van der Waals surface area contributed by atoms with Gasteiger partial charge >= 0.3 is 0 Å². The first-order chi connectivity index (χ1) is 14.5. The van der Waals surface area contributed by atoms with Gasteiger partial charge in [0.25, 0.3) is 5.91 Å². The number of nitrogens with zero attached hydrogens (tertiary/aromatic N) is 2. The number of rotatable bonds is 10. The van der Waals surface area contributed by atoms with Crippen molar-refractivity contribution in [1.29, 1.82) is 0 Å². The number of aryl methyl sites for hydroxylation is 1. The third-order valence-electron chi connectivity index (χ3n) is 4.67. The van der Waals surface area contributed by atoms with Crippen molar-refractivity contribution in [1.82, 2.24) is 15.1 Å². The number of carbonyl (C=O) groups excluding carboxylic acids is 1. The minimum Gasteiger partial charge on any atom is -0.381 e. The molecule has 0 bridgehead atoms. The van der Waals surface area contributed by atoms with Gasteiger partial charge in [0.15, 0.2) is 0 Å². The number of hydrogen-bond acceptors (Lipinski definition) is 3. The zero-order chi connectivity index (χ0) is 21.3. The Morgan fingerprint density at radius 1 is 1.10 bits per heavy atom. The Hall–Kier alpha value is -2.70. The fourth-order valence-corrected chi connectivity index (χ4v) is 3.40. The number of nitrogens with one attached hydrogen (secondary N) is 1. The first-order valence-electron chi connectivity index (χ1n) is 9.92. The summed E-state index contributed by atoms with van der Waals surface area (Å²) in [6.45, 7) is 3.82. The Kier molecular flexibility index (Phi) is 7.99. The second kappa shape index (κ2) is 10.9. The summed E-state index contributed by atoms with van der Waals surface area (Å²) in [6.07, 6.45) is 1.58. The van der Waals surface area contributed by atoms with Crippen LogP contribution in [-0.2, 0) is 17.7 Å². The number of amides is 1. The largest absolute Gasteiger partial charge is 0.381 e. The summed E-state index contributed by atoms with van der Waals surface area (Å²) in [4.78, 5) is 12.5. The van der Waals surface area contributed by atoms with Crippen molar-refractivity contribution in [3.63, 3.8) is 0 Å². The van der Waals surface area contributed by atoms with Gasteiger partial charge in [0, 0.05) is 13.2 Å². The summed E-state index contributed by atoms with van der Waals surface area (Å²) in [5, 5.41) is 7.49. The average Bonchev–Trinajstić information content (AvgIpc) is 3.02. The van der Waals surface area contributed by atoms with E-state index >= 15 is 0 Å². The highest BCUT2D eigenvalue weighted by atomic mass is 35.5. The molecule has 0 radical (unpaired) electrons. The predicted octanol–water partition coefficient (Wildman–Crippen LogP) is 4.41. The second-order valence-electron chi connectivity index (χ2n) is 6.99. The van der Waals surface area contributed by atoms with Gasteiger partial charge in [0.05, 0.1) is 24.4 Å². The number of ether oxygens (including phenoxy) is 1. The maximum Gasteiger partial charge on any atom is 0.256 e. The summed E-state index contributed by atoms with van der Waals surface area (Å²) >= 11 is 6.39. The van der Waals surface area contributed by atoms with Crippen LogP contribution in [0.2, 0.25) is 5.15 Å². The van der Waals surface area contributed by atoms with E-state index in [1.54, 1.807) is 23.7 Å². The number of aromatic nitrogens is 2. The van der Waals surface area contributed by atoms with Crippen LogP contribution in [0.3, 0.4) is 0 Å². The third kappa shape index (κ3) is 6.15. The Labute approximate surface area is 180 Å². The van der Waals surface area contributed by atoms with Gasteiger partial charge < -0.3 is 10.1 Å². The van der Waals surface area contributed by atoms with Gasteiger partial charge in [-0.2, -0.15) is 5.10 Å². The van der Waals surface area contributed by atoms with E-state index in [9.17, 15) is 9.18 Å². The van der Waals surface area contributed by atoms with E-state index in [1.807, 2.05) is 18.2 Å². The molecule has 0 fully saturated rings. The highest BCUT2D eigenvalue weighted by molar-refractivity contribution is 6.33. The summed E-state index contributed by atoms with van der Waals surface area (Å²) in [5.74, 6) is -0.558. The molecule has 0 saturated heterocycles. The fourth-order valence-electron chi connectivity index (χ4n) is 3.08. The molecule has 2 aromatic carbocycles. The molecule has 0 aliphatic heterocycles. The lowest BCUT2D eigenvalue weighted by Gasteiger charge is -2.07. The van der Waals surface area contributed by atoms with Crippen molar-refractivity contribution < 1.29 is 13.9 Å². The van der Waals surface area contributed by atoms with Crippen LogP contribution in [-0.4, -0.2) is 35.4 Å². The van der Waals surface area contributed by atoms with Crippen LogP contribution in [0.4, 0.5) is 4.39 Å². The van der Waals surface area contributed by atoms with Crippen molar-refractivity contribution in [2.24, 2.45) is 0 Å². The van der Waals surface area contributed by atoms with Crippen LogP contribution in [0, 0.1) is 12.7 Å². The quantitative estimate of drug-likeness (QED) is 0.485. The molecule has 0 aliphatic carbocycles. The van der Waals surface area contributed by atoms with Crippen LogP contribution in [0.25, 0.3) is 0 Å². The molecule has 0 aliphatic rings. The molecule has 0 atom stereocenters. The SMILES string of the molecule is Cc1nn(Cc2ccc(F)cc2)c(Cl)c1C(=O)NCCCOCCc1ccccc1. The molecule has 0 spiro atoms. The predicted molar refractivity (Wildman–Crippen MR) is 115 cm³/mol. The van der Waals surface area contributed by atoms with E-state index in [0.29, 0.717) is 44.0 Å². The van der Waals surface area contributed by atoms with E-state index in [0.717, 1.165) is 12.0 Å². The Balaban J connectivity index is 1.42. The van der Waals surface area contributed by atoms with Crippen LogP contribution < -0.4 is 5.32 Å². The van der Waals surface area contributed by atoms with E-state index in [1.165, 1.54) is 17.7 Å². The van der Waals surface area contributed by atoms with Gasteiger partial charge in [-0.05, 0) is 43.0 Å². The molecule has 3 rings (SSSR count). The van der Waals surface area contributed by atoms with Gasteiger partial charge in [0.2, 0.25) is 0 Å². The highest BCUT2D eigenvalue weighted by Gasteiger charge is 2.20. The van der Waals surface area contributed by atoms with Crippen molar-refractivity contribution in [2.45, 2.75) is 26.3 Å². The molecular weight excluding hydrogens is 405 g/mol. The molecule has 7 heteroatoms. The Morgan fingerprint density at radius 3 is 2.57 bits per heavy atom. The number of benzene rings is 2. The van der Waals surface area contributed by atoms with Crippen molar-refractivity contribution in [3.05, 3.63) is 88.0 Å². The lowest BCUT2D eigenvalue weighted by molar-refractivity contribution is 0.0941. The van der Waals surface area contributed by atoms with Gasteiger partial charge in [-0.25, -0.2) is 9.07 Å². The van der Waals surface area contributed by atoms with Crippen molar-refractivity contribution in [3.8, 4) is 0 Å². The number of hydrogen-bond donors (Lipinski definition) is 1. The first-order valence-corrected chi connectivity index (χ1v) is 10.3. The summed E-state index contributed by atoms with van der Waals surface area (Å²) < 4.78 is 20.2. The van der Waals surface area contributed by atoms with Crippen LogP contribution in [0.15, 0.2) is 54.6 Å². The molecule has 1 N–H and O–H groups in total. The van der Waals surface area contributed by atoms with E-state index in [4.69, 9.17) is 16.3 Å².